The Morgan fingerprint density at radius 1 is 1.00 bits per heavy atom. The van der Waals surface area contributed by atoms with Gasteiger partial charge < -0.3 is 4.74 Å². The second-order valence-corrected chi connectivity index (χ2v) is 7.38. The number of carbonyl (C=O) groups excluding carboxylic acids is 1. The summed E-state index contributed by atoms with van der Waals surface area (Å²) >= 11 is 0. The molecule has 5 rings (SSSR count). The van der Waals surface area contributed by atoms with Crippen LogP contribution in [0.15, 0.2) is 30.3 Å². The third kappa shape index (κ3) is 2.25. The maximum absolute atomic E-state index is 12.3. The highest BCUT2D eigenvalue weighted by Crippen LogP contribution is 2.61. The van der Waals surface area contributed by atoms with Gasteiger partial charge in [0, 0.05) is 0 Å². The van der Waals surface area contributed by atoms with E-state index in [0.717, 1.165) is 17.8 Å². The molecule has 4 aliphatic rings. The zero-order valence-electron chi connectivity index (χ0n) is 11.9. The number of hydrogen-bond donors (Lipinski definition) is 0. The minimum atomic E-state index is -0.0295. The van der Waals surface area contributed by atoms with Gasteiger partial charge in [-0.05, 0) is 73.8 Å². The number of ether oxygens (including phenoxy) is 1. The van der Waals surface area contributed by atoms with E-state index in [4.69, 9.17) is 4.74 Å². The average Bonchev–Trinajstić information content (AvgIpc) is 2.37. The van der Waals surface area contributed by atoms with E-state index >= 15 is 0 Å². The third-order valence-electron chi connectivity index (χ3n) is 5.66. The van der Waals surface area contributed by atoms with Gasteiger partial charge in [0.2, 0.25) is 0 Å². The molecule has 0 spiro atoms. The highest BCUT2D eigenvalue weighted by atomic mass is 16.5. The summed E-state index contributed by atoms with van der Waals surface area (Å²) in [5.41, 5.74) is 0.278. The van der Waals surface area contributed by atoms with E-state index < -0.39 is 0 Å². The van der Waals surface area contributed by atoms with Crippen LogP contribution in [-0.2, 0) is 4.79 Å². The molecule has 4 saturated carbocycles. The van der Waals surface area contributed by atoms with Crippen LogP contribution in [-0.4, -0.2) is 5.97 Å². The minimum Gasteiger partial charge on any atom is -0.427 e. The normalized spacial score (nSPS) is 37.9. The Kier molecular flexibility index (Phi) is 2.87. The number of para-hydroxylation sites is 1. The molecule has 0 N–H and O–H groups in total. The molecule has 0 aliphatic heterocycles. The summed E-state index contributed by atoms with van der Waals surface area (Å²) in [5, 5.41) is 0. The lowest BCUT2D eigenvalue weighted by atomic mass is 9.49. The van der Waals surface area contributed by atoms with Crippen LogP contribution >= 0.6 is 0 Å². The molecule has 4 bridgehead atoms. The summed E-state index contributed by atoms with van der Waals surface area (Å²) in [6.07, 6.45) is 8.70. The van der Waals surface area contributed by atoms with Crippen molar-refractivity contribution in [3.8, 4) is 5.75 Å². The largest absolute Gasteiger partial charge is 0.427 e. The monoisotopic (exact) mass is 270 g/mol. The zero-order valence-corrected chi connectivity index (χ0v) is 11.9. The number of carbonyl (C=O) groups is 1. The van der Waals surface area contributed by atoms with E-state index in [-0.39, 0.29) is 11.4 Å². The first kappa shape index (κ1) is 12.4. The molecule has 2 heteroatoms. The molecular formula is C18H22O2. The average molecular weight is 270 g/mol. The van der Waals surface area contributed by atoms with Crippen molar-refractivity contribution in [2.45, 2.75) is 44.9 Å². The molecular weight excluding hydrogens is 248 g/mol. The molecule has 106 valence electrons. The number of benzene rings is 1. The Bertz CT molecular complexity index is 470. The zero-order chi connectivity index (χ0) is 13.6. The van der Waals surface area contributed by atoms with E-state index in [0.29, 0.717) is 12.2 Å². The van der Waals surface area contributed by atoms with Crippen LogP contribution < -0.4 is 4.74 Å². The predicted molar refractivity (Wildman–Crippen MR) is 77.3 cm³/mol. The summed E-state index contributed by atoms with van der Waals surface area (Å²) in [4.78, 5) is 12.3. The Hall–Kier alpha value is -1.31. The minimum absolute atomic E-state index is 0.0295. The molecule has 1 aromatic carbocycles. The number of esters is 1. The molecule has 0 amide bonds. The van der Waals surface area contributed by atoms with Crippen molar-refractivity contribution in [3.63, 3.8) is 0 Å². The molecule has 0 unspecified atom stereocenters. The van der Waals surface area contributed by atoms with Crippen molar-refractivity contribution in [1.82, 2.24) is 0 Å². The first-order valence-corrected chi connectivity index (χ1v) is 7.97. The highest BCUT2D eigenvalue weighted by molar-refractivity contribution is 5.73. The van der Waals surface area contributed by atoms with Gasteiger partial charge in [0.25, 0.3) is 0 Å². The smallest absolute Gasteiger partial charge is 0.311 e. The lowest BCUT2D eigenvalue weighted by molar-refractivity contribution is -0.142. The summed E-state index contributed by atoms with van der Waals surface area (Å²) in [7, 11) is 0. The molecule has 0 heterocycles. The van der Waals surface area contributed by atoms with Crippen molar-refractivity contribution in [3.05, 3.63) is 30.3 Å². The van der Waals surface area contributed by atoms with Gasteiger partial charge in [-0.2, -0.15) is 0 Å². The summed E-state index contributed by atoms with van der Waals surface area (Å²) in [6, 6.07) is 9.48. The van der Waals surface area contributed by atoms with E-state index in [1.165, 1.54) is 38.5 Å². The SMILES string of the molecule is O=C(CC12CC3CC(CC(C3)C1)C2)Oc1ccccc1. The maximum atomic E-state index is 12.3. The molecule has 4 aliphatic carbocycles. The quantitative estimate of drug-likeness (QED) is 0.608. The van der Waals surface area contributed by atoms with Crippen molar-refractivity contribution in [1.29, 1.82) is 0 Å². The predicted octanol–water partition coefficient (Wildman–Crippen LogP) is 4.20. The Labute approximate surface area is 120 Å². The second-order valence-electron chi connectivity index (χ2n) is 7.38. The molecule has 4 fully saturated rings. The molecule has 0 radical (unpaired) electrons. The van der Waals surface area contributed by atoms with Crippen molar-refractivity contribution < 1.29 is 9.53 Å². The molecule has 0 saturated heterocycles. The maximum Gasteiger partial charge on any atom is 0.311 e. The fourth-order valence-electron chi connectivity index (χ4n) is 5.47. The molecule has 1 aromatic rings. The van der Waals surface area contributed by atoms with Crippen molar-refractivity contribution in [2.24, 2.45) is 23.2 Å². The van der Waals surface area contributed by atoms with Gasteiger partial charge in [-0.15, -0.1) is 0 Å². The van der Waals surface area contributed by atoms with Crippen LogP contribution in [0, 0.1) is 23.2 Å². The van der Waals surface area contributed by atoms with Gasteiger partial charge in [-0.1, -0.05) is 18.2 Å². The summed E-state index contributed by atoms with van der Waals surface area (Å²) in [6.45, 7) is 0. The fraction of sp³-hybridized carbons (Fsp3) is 0.611. The fourth-order valence-corrected chi connectivity index (χ4v) is 5.47. The van der Waals surface area contributed by atoms with E-state index in [9.17, 15) is 4.79 Å². The Balaban J connectivity index is 1.45. The molecule has 2 nitrogen and oxygen atoms in total. The van der Waals surface area contributed by atoms with E-state index in [1.54, 1.807) is 0 Å². The highest BCUT2D eigenvalue weighted by Gasteiger charge is 2.51. The molecule has 20 heavy (non-hydrogen) atoms. The number of rotatable bonds is 3. The van der Waals surface area contributed by atoms with Gasteiger partial charge >= 0.3 is 5.97 Å². The van der Waals surface area contributed by atoms with Crippen LogP contribution in [0.2, 0.25) is 0 Å². The van der Waals surface area contributed by atoms with Crippen LogP contribution in [0.1, 0.15) is 44.9 Å². The topological polar surface area (TPSA) is 26.3 Å². The molecule has 0 atom stereocenters. The van der Waals surface area contributed by atoms with Crippen molar-refractivity contribution >= 4 is 5.97 Å². The van der Waals surface area contributed by atoms with Crippen LogP contribution in [0.5, 0.6) is 5.75 Å². The van der Waals surface area contributed by atoms with E-state index in [1.807, 2.05) is 30.3 Å². The first-order valence-electron chi connectivity index (χ1n) is 7.97. The van der Waals surface area contributed by atoms with Gasteiger partial charge in [0.05, 0.1) is 6.42 Å². The summed E-state index contributed by atoms with van der Waals surface area (Å²) < 4.78 is 5.51. The first-order chi connectivity index (χ1) is 9.71. The summed E-state index contributed by atoms with van der Waals surface area (Å²) in [5.74, 6) is 3.34. The Morgan fingerprint density at radius 2 is 1.55 bits per heavy atom. The standard InChI is InChI=1S/C18H22O2/c19-17(20-16-4-2-1-3-5-16)12-18-9-13-6-14(10-18)8-15(7-13)11-18/h1-5,13-15H,6-12H2. The van der Waals surface area contributed by atoms with E-state index in [2.05, 4.69) is 0 Å². The van der Waals surface area contributed by atoms with Gasteiger partial charge in [-0.3, -0.25) is 4.79 Å². The van der Waals surface area contributed by atoms with Gasteiger partial charge in [-0.25, -0.2) is 0 Å². The van der Waals surface area contributed by atoms with Crippen molar-refractivity contribution in [2.75, 3.05) is 0 Å². The third-order valence-corrected chi connectivity index (χ3v) is 5.66. The van der Waals surface area contributed by atoms with Crippen LogP contribution in [0.25, 0.3) is 0 Å². The van der Waals surface area contributed by atoms with Gasteiger partial charge in [0.1, 0.15) is 5.75 Å². The lowest BCUT2D eigenvalue weighted by Gasteiger charge is -2.56. The lowest BCUT2D eigenvalue weighted by Crippen LogP contribution is -2.47. The van der Waals surface area contributed by atoms with Crippen LogP contribution in [0.4, 0.5) is 0 Å². The Morgan fingerprint density at radius 3 is 2.10 bits per heavy atom. The van der Waals surface area contributed by atoms with Crippen LogP contribution in [0.3, 0.4) is 0 Å². The number of hydrogen-bond acceptors (Lipinski definition) is 2. The van der Waals surface area contributed by atoms with Gasteiger partial charge in [0.15, 0.2) is 0 Å². The second kappa shape index (κ2) is 4.61. The molecule has 0 aromatic heterocycles.